The summed E-state index contributed by atoms with van der Waals surface area (Å²) in [6, 6.07) is 4.57. The van der Waals surface area contributed by atoms with Crippen molar-refractivity contribution in [3.63, 3.8) is 0 Å². The molecular weight excluding hydrogens is 703 g/mol. The van der Waals surface area contributed by atoms with Crippen LogP contribution in [0.2, 0.25) is 0 Å². The van der Waals surface area contributed by atoms with Crippen LogP contribution in [0.3, 0.4) is 0 Å². The molecule has 3 fully saturated rings. The first-order valence-corrected chi connectivity index (χ1v) is 22.1. The van der Waals surface area contributed by atoms with Crippen molar-refractivity contribution in [2.45, 2.75) is 175 Å². The summed E-state index contributed by atoms with van der Waals surface area (Å²) in [5.41, 5.74) is 7.82. The van der Waals surface area contributed by atoms with Gasteiger partial charge in [-0.25, -0.2) is 9.59 Å². The molecule has 0 spiro atoms. The number of esters is 1. The fourth-order valence-electron chi connectivity index (χ4n) is 11.5. The molecule has 3 saturated carbocycles. The highest BCUT2D eigenvalue weighted by Crippen LogP contribution is 2.67. The van der Waals surface area contributed by atoms with Crippen molar-refractivity contribution < 1.29 is 29.0 Å². The Balaban J connectivity index is 1.24. The minimum absolute atomic E-state index is 0.103. The monoisotopic (exact) mass is 778 g/mol. The second-order valence-corrected chi connectivity index (χ2v) is 20.0. The van der Waals surface area contributed by atoms with E-state index >= 15 is 0 Å². The molecule has 4 aliphatic rings. The van der Waals surface area contributed by atoms with Gasteiger partial charge in [0.1, 0.15) is 29.5 Å². The number of nitrogens with two attached hydrogens (primary N) is 1. The van der Waals surface area contributed by atoms with Crippen LogP contribution in [0.1, 0.15) is 151 Å². The molecule has 4 aliphatic carbocycles. The lowest BCUT2D eigenvalue weighted by molar-refractivity contribution is -0.155. The number of hydrogen-bond acceptors (Lipinski definition) is 7. The van der Waals surface area contributed by atoms with Gasteiger partial charge in [-0.05, 0) is 156 Å². The number of amides is 2. The van der Waals surface area contributed by atoms with Crippen LogP contribution < -0.4 is 16.4 Å². The average molecular weight is 778 g/mol. The largest absolute Gasteiger partial charge is 0.508 e. The molecule has 0 heterocycles. The van der Waals surface area contributed by atoms with Gasteiger partial charge in [-0.3, -0.25) is 4.79 Å². The first kappa shape index (κ1) is 44.0. The number of ether oxygens (including phenoxy) is 2. The van der Waals surface area contributed by atoms with Gasteiger partial charge in [0.05, 0.1) is 0 Å². The summed E-state index contributed by atoms with van der Waals surface area (Å²) in [6.45, 7) is 18.1. The third-order valence-electron chi connectivity index (χ3n) is 14.5. The van der Waals surface area contributed by atoms with Crippen LogP contribution >= 0.6 is 0 Å². The second-order valence-electron chi connectivity index (χ2n) is 20.0. The molecule has 0 aromatic heterocycles. The topological polar surface area (TPSA) is 140 Å². The van der Waals surface area contributed by atoms with Crippen LogP contribution in [0.4, 0.5) is 4.79 Å². The number of alkyl carbamates (subject to hydrolysis) is 1. The number of aromatic hydroxyl groups is 1. The van der Waals surface area contributed by atoms with Crippen molar-refractivity contribution in [3.8, 4) is 5.75 Å². The fourth-order valence-corrected chi connectivity index (χ4v) is 11.5. The van der Waals surface area contributed by atoms with Crippen molar-refractivity contribution in [1.29, 1.82) is 0 Å². The molecule has 0 saturated heterocycles. The highest BCUT2D eigenvalue weighted by molar-refractivity contribution is 5.90. The van der Waals surface area contributed by atoms with Gasteiger partial charge in [-0.2, -0.15) is 0 Å². The zero-order chi connectivity index (χ0) is 40.8. The lowest BCUT2D eigenvalue weighted by Gasteiger charge is -2.58. The number of carbonyl (C=O) groups excluding carboxylic acids is 3. The number of benzene rings is 1. The maximum Gasteiger partial charge on any atom is 0.408 e. The van der Waals surface area contributed by atoms with Gasteiger partial charge < -0.3 is 30.9 Å². The Hall–Kier alpha value is -3.07. The third-order valence-corrected chi connectivity index (χ3v) is 14.5. The minimum Gasteiger partial charge on any atom is -0.508 e. The molecule has 10 atom stereocenters. The van der Waals surface area contributed by atoms with E-state index in [-0.39, 0.29) is 23.7 Å². The summed E-state index contributed by atoms with van der Waals surface area (Å²) in [6.07, 6.45) is 16.6. The standard InChI is InChI=1S/C47H75N3O6/c1-30(2)12-11-13-31(3)37-21-22-38-36-20-17-33-29-35(23-25-46(33,7)39(36)24-26-47(37,38)8)55-43(53)40(14-9-10-27-48)49-42(52)41(50-44(54)56-45(4,5)6)28-32-15-18-34(51)19-16-32/h15-19,30-31,35-41,51H,9-14,20-29,48H2,1-8H3,(H,49,52)(H,50,54)/t31-,35?,36+,37-,38+,39+,40+,41+,46+,47-/m1/s1. The quantitative estimate of drug-likeness (QED) is 0.0745. The van der Waals surface area contributed by atoms with Crippen molar-refractivity contribution in [1.82, 2.24) is 10.6 Å². The molecule has 1 aromatic carbocycles. The van der Waals surface area contributed by atoms with Crippen LogP contribution in [-0.4, -0.2) is 53.4 Å². The van der Waals surface area contributed by atoms with Crippen LogP contribution in [0.15, 0.2) is 35.9 Å². The van der Waals surface area contributed by atoms with Gasteiger partial charge in [0, 0.05) is 12.8 Å². The lowest BCUT2D eigenvalue weighted by Crippen LogP contribution is -2.54. The minimum atomic E-state index is -1.02. The second kappa shape index (κ2) is 18.7. The average Bonchev–Trinajstić information content (AvgIpc) is 3.48. The molecule has 2 amide bonds. The summed E-state index contributed by atoms with van der Waals surface area (Å²) >= 11 is 0. The van der Waals surface area contributed by atoms with Crippen molar-refractivity contribution in [2.75, 3.05) is 6.54 Å². The first-order valence-electron chi connectivity index (χ1n) is 22.1. The maximum absolute atomic E-state index is 14.0. The van der Waals surface area contributed by atoms with Crippen LogP contribution in [0, 0.1) is 46.3 Å². The van der Waals surface area contributed by atoms with Gasteiger partial charge >= 0.3 is 12.1 Å². The Morgan fingerprint density at radius 3 is 2.30 bits per heavy atom. The van der Waals surface area contributed by atoms with Gasteiger partial charge in [0.15, 0.2) is 0 Å². The van der Waals surface area contributed by atoms with Crippen LogP contribution in [-0.2, 0) is 25.5 Å². The van der Waals surface area contributed by atoms with E-state index in [2.05, 4.69) is 51.3 Å². The number of phenols is 1. The molecular formula is C47H75N3O6. The van der Waals surface area contributed by atoms with Gasteiger partial charge in [0.2, 0.25) is 5.91 Å². The number of rotatable bonds is 16. The van der Waals surface area contributed by atoms with Crippen LogP contribution in [0.25, 0.3) is 0 Å². The number of nitrogens with one attached hydrogen (secondary N) is 2. The molecule has 9 nitrogen and oxygen atoms in total. The molecule has 9 heteroatoms. The maximum atomic E-state index is 14.0. The number of allylic oxidation sites excluding steroid dienone is 1. The molecule has 56 heavy (non-hydrogen) atoms. The van der Waals surface area contributed by atoms with Crippen molar-refractivity contribution in [2.24, 2.45) is 52.1 Å². The molecule has 5 rings (SSSR count). The normalized spacial score (nSPS) is 30.2. The van der Waals surface area contributed by atoms with E-state index < -0.39 is 35.7 Å². The molecule has 0 radical (unpaired) electrons. The predicted octanol–water partition coefficient (Wildman–Crippen LogP) is 9.40. The summed E-state index contributed by atoms with van der Waals surface area (Å²) in [7, 11) is 0. The van der Waals surface area contributed by atoms with E-state index in [4.69, 9.17) is 15.2 Å². The van der Waals surface area contributed by atoms with E-state index in [1.54, 1.807) is 32.9 Å². The SMILES string of the molecule is CC(C)CCC[C@@H](C)[C@H]1CC[C@H]2[C@@H]3CC=C4CC(OC(=O)[C@H](CCCCN)NC(=O)[C@H](Cc5ccc(O)cc5)NC(=O)OC(C)(C)C)CC[C@]4(C)[C@H]3CC[C@]12C. The zero-order valence-corrected chi connectivity index (χ0v) is 36.0. The van der Waals surface area contributed by atoms with E-state index in [9.17, 15) is 19.5 Å². The Morgan fingerprint density at radius 2 is 1.62 bits per heavy atom. The van der Waals surface area contributed by atoms with Crippen molar-refractivity contribution >= 4 is 18.0 Å². The Labute approximate surface area is 338 Å². The number of fused-ring (bicyclic) bond motifs is 5. The third kappa shape index (κ3) is 10.7. The summed E-state index contributed by atoms with van der Waals surface area (Å²) < 4.78 is 11.8. The highest BCUT2D eigenvalue weighted by atomic mass is 16.6. The first-order chi connectivity index (χ1) is 26.4. The molecule has 1 aromatic rings. The number of carbonyl (C=O) groups is 3. The van der Waals surface area contributed by atoms with E-state index in [1.165, 1.54) is 62.7 Å². The Bertz CT molecular complexity index is 1520. The fraction of sp³-hybridized carbons (Fsp3) is 0.766. The lowest BCUT2D eigenvalue weighted by atomic mass is 9.47. The summed E-state index contributed by atoms with van der Waals surface area (Å²) in [4.78, 5) is 40.7. The van der Waals surface area contributed by atoms with Gasteiger partial charge in [-0.1, -0.05) is 77.7 Å². The van der Waals surface area contributed by atoms with Crippen molar-refractivity contribution in [3.05, 3.63) is 41.5 Å². The Morgan fingerprint density at radius 1 is 0.893 bits per heavy atom. The van der Waals surface area contributed by atoms with Gasteiger partial charge in [0.25, 0.3) is 0 Å². The molecule has 1 unspecified atom stereocenters. The van der Waals surface area contributed by atoms with E-state index in [0.717, 1.165) is 60.8 Å². The van der Waals surface area contributed by atoms with E-state index in [0.29, 0.717) is 37.1 Å². The summed E-state index contributed by atoms with van der Waals surface area (Å²) in [5.74, 6) is 3.79. The number of phenolic OH excluding ortho intramolecular Hbond substituents is 1. The zero-order valence-electron chi connectivity index (χ0n) is 36.0. The van der Waals surface area contributed by atoms with E-state index in [1.807, 2.05) is 0 Å². The summed E-state index contributed by atoms with van der Waals surface area (Å²) in [5, 5.41) is 15.4. The van der Waals surface area contributed by atoms with Gasteiger partial charge in [-0.15, -0.1) is 0 Å². The molecule has 314 valence electrons. The molecule has 0 bridgehead atoms. The smallest absolute Gasteiger partial charge is 0.408 e. The number of unbranched alkanes of at least 4 members (excludes halogenated alkanes) is 1. The molecule has 5 N–H and O–H groups in total. The highest BCUT2D eigenvalue weighted by Gasteiger charge is 2.59. The Kier molecular flexibility index (Phi) is 14.7. The predicted molar refractivity (Wildman–Crippen MR) is 223 cm³/mol. The van der Waals surface area contributed by atoms with Crippen LogP contribution in [0.5, 0.6) is 5.75 Å². The molecule has 0 aliphatic heterocycles. The number of hydrogen-bond donors (Lipinski definition) is 4.